The number of carbonyl (C=O) groups excluding carboxylic acids is 1. The predicted molar refractivity (Wildman–Crippen MR) is 112 cm³/mol. The van der Waals surface area contributed by atoms with E-state index in [2.05, 4.69) is 20.1 Å². The summed E-state index contributed by atoms with van der Waals surface area (Å²) in [5.41, 5.74) is 1.03. The average molecular weight is 453 g/mol. The molecule has 164 valence electrons. The number of nitrogens with zero attached hydrogens (tertiary/aromatic N) is 5. The van der Waals surface area contributed by atoms with Crippen LogP contribution in [0.25, 0.3) is 0 Å². The number of aryl methyl sites for hydroxylation is 2. The van der Waals surface area contributed by atoms with E-state index in [4.69, 9.17) is 17.4 Å². The first-order chi connectivity index (χ1) is 14.5. The van der Waals surface area contributed by atoms with Gasteiger partial charge in [-0.25, -0.2) is 15.0 Å². The molecular formula is C20H20ClF3N6O. The molecule has 3 rings (SSSR count). The molecule has 0 bridgehead atoms. The fraction of sp³-hybridized carbons (Fsp3) is 0.350. The van der Waals surface area contributed by atoms with Crippen LogP contribution in [0, 0.1) is 13.8 Å². The second-order valence-corrected chi connectivity index (χ2v) is 7.49. The molecule has 0 saturated carbocycles. The molecule has 11 heteroatoms. The van der Waals surface area contributed by atoms with Gasteiger partial charge in [0.05, 0.1) is 27.9 Å². The number of carbonyl (C=O) groups is 1. The van der Waals surface area contributed by atoms with Gasteiger partial charge in [-0.1, -0.05) is 17.7 Å². The van der Waals surface area contributed by atoms with Crippen LogP contribution in [0.15, 0.2) is 34.4 Å². The van der Waals surface area contributed by atoms with Gasteiger partial charge in [0.25, 0.3) is 5.91 Å². The number of hydrogen-bond donors (Lipinski definition) is 1. The van der Waals surface area contributed by atoms with Crippen LogP contribution in [0.3, 0.4) is 0 Å². The van der Waals surface area contributed by atoms with Crippen molar-refractivity contribution in [2.24, 2.45) is 15.9 Å². The van der Waals surface area contributed by atoms with Crippen LogP contribution in [-0.2, 0) is 6.18 Å². The number of aliphatic imine (C=N–C) groups is 1. The van der Waals surface area contributed by atoms with Gasteiger partial charge in [-0.2, -0.15) is 18.3 Å². The molecule has 1 fully saturated rings. The summed E-state index contributed by atoms with van der Waals surface area (Å²) in [5, 5.41) is 3.14. The van der Waals surface area contributed by atoms with Crippen molar-refractivity contribution in [2.45, 2.75) is 39.4 Å². The van der Waals surface area contributed by atoms with Gasteiger partial charge in [0.1, 0.15) is 5.71 Å². The highest BCUT2D eigenvalue weighted by molar-refractivity contribution is 6.45. The van der Waals surface area contributed by atoms with Gasteiger partial charge < -0.3 is 10.7 Å². The van der Waals surface area contributed by atoms with Crippen molar-refractivity contribution < 1.29 is 18.0 Å². The largest absolute Gasteiger partial charge is 0.417 e. The summed E-state index contributed by atoms with van der Waals surface area (Å²) in [6, 6.07) is 4.42. The topological polar surface area (TPSA) is 96.8 Å². The Bertz CT molecular complexity index is 1060. The predicted octanol–water partition coefficient (Wildman–Crippen LogP) is 4.09. The number of amides is 1. The van der Waals surface area contributed by atoms with Gasteiger partial charge in [-0.15, -0.1) is 0 Å². The monoisotopic (exact) mass is 452 g/mol. The molecule has 1 saturated heterocycles. The second-order valence-electron chi connectivity index (χ2n) is 7.11. The van der Waals surface area contributed by atoms with E-state index in [-0.39, 0.29) is 24.5 Å². The summed E-state index contributed by atoms with van der Waals surface area (Å²) in [6.45, 7) is 5.50. The Morgan fingerprint density at radius 1 is 1.26 bits per heavy atom. The van der Waals surface area contributed by atoms with Crippen LogP contribution >= 0.6 is 11.6 Å². The minimum atomic E-state index is -4.67. The van der Waals surface area contributed by atoms with Crippen LogP contribution in [0.4, 0.5) is 19.1 Å². The molecule has 1 aromatic heterocycles. The van der Waals surface area contributed by atoms with Gasteiger partial charge in [0.2, 0.25) is 5.95 Å². The van der Waals surface area contributed by atoms with Gasteiger partial charge in [-0.3, -0.25) is 4.79 Å². The zero-order valence-electron chi connectivity index (χ0n) is 17.0. The van der Waals surface area contributed by atoms with Crippen LogP contribution < -0.4 is 5.84 Å². The van der Waals surface area contributed by atoms with Crippen LogP contribution in [0.5, 0.6) is 0 Å². The number of likely N-dealkylation sites (tertiary alicyclic amines) is 1. The van der Waals surface area contributed by atoms with Crippen molar-refractivity contribution in [3.8, 4) is 0 Å². The Kier molecular flexibility index (Phi) is 6.30. The van der Waals surface area contributed by atoms with Gasteiger partial charge >= 0.3 is 6.18 Å². The van der Waals surface area contributed by atoms with Crippen molar-refractivity contribution >= 4 is 34.9 Å². The molecule has 2 heterocycles. The number of hydrazone groups is 1. The second kappa shape index (κ2) is 8.62. The first-order valence-corrected chi connectivity index (χ1v) is 9.75. The number of nitrogens with two attached hydrogens (primary N) is 1. The van der Waals surface area contributed by atoms with E-state index < -0.39 is 28.7 Å². The van der Waals surface area contributed by atoms with Crippen molar-refractivity contribution in [2.75, 3.05) is 6.54 Å². The van der Waals surface area contributed by atoms with E-state index in [1.54, 1.807) is 6.92 Å². The van der Waals surface area contributed by atoms with Crippen LogP contribution in [0.2, 0.25) is 5.02 Å². The Morgan fingerprint density at radius 2 is 1.90 bits per heavy atom. The Balaban J connectivity index is 1.92. The first kappa shape index (κ1) is 22.7. The molecule has 1 aliphatic rings. The van der Waals surface area contributed by atoms with E-state index in [0.717, 1.165) is 23.5 Å². The van der Waals surface area contributed by atoms with Gasteiger partial charge in [-0.05, 0) is 39.0 Å². The summed E-state index contributed by atoms with van der Waals surface area (Å²) in [5.74, 6) is 5.17. The summed E-state index contributed by atoms with van der Waals surface area (Å²) >= 11 is 5.93. The normalized spacial score (nSPS) is 19.8. The van der Waals surface area contributed by atoms with Crippen LogP contribution in [-0.4, -0.2) is 44.8 Å². The fourth-order valence-electron chi connectivity index (χ4n) is 3.46. The lowest BCUT2D eigenvalue weighted by Crippen LogP contribution is -2.51. The standard InChI is InChI=1S/C20H20ClF3N6O/c1-10-9-11(2)27-19(26-10)28-15-7-8-30(12(3)17(15)29-25)18(31)13-5-4-6-14(16(13)21)20(22,23)24/h4-6,9,12H,7-8,25H2,1-3H3/t12-/m1/s1. The third kappa shape index (κ3) is 4.68. The number of rotatable bonds is 2. The number of piperidine rings is 1. The summed E-state index contributed by atoms with van der Waals surface area (Å²) in [7, 11) is 0. The molecule has 1 aromatic carbocycles. The maximum absolute atomic E-state index is 13.2. The molecule has 1 atom stereocenters. The fourth-order valence-corrected chi connectivity index (χ4v) is 3.77. The number of alkyl halides is 3. The SMILES string of the molecule is Cc1cc(C)nc(N=C2CCN(C(=O)c3cccc(C(F)(F)F)c3Cl)[C@H](C)C2=NN)n1. The third-order valence-electron chi connectivity index (χ3n) is 4.89. The van der Waals surface area contributed by atoms with E-state index in [1.165, 1.54) is 11.0 Å². The maximum atomic E-state index is 13.2. The van der Waals surface area contributed by atoms with Crippen molar-refractivity contribution in [1.82, 2.24) is 14.9 Å². The molecule has 0 aliphatic carbocycles. The molecule has 1 aliphatic heterocycles. The minimum Gasteiger partial charge on any atom is -0.330 e. The average Bonchev–Trinajstić information content (AvgIpc) is 2.66. The summed E-state index contributed by atoms with van der Waals surface area (Å²) in [6.07, 6.45) is -4.39. The highest BCUT2D eigenvalue weighted by Crippen LogP contribution is 2.37. The molecule has 2 N–H and O–H groups in total. The molecule has 7 nitrogen and oxygen atoms in total. The van der Waals surface area contributed by atoms with E-state index in [1.807, 2.05) is 19.9 Å². The van der Waals surface area contributed by atoms with Crippen molar-refractivity contribution in [3.63, 3.8) is 0 Å². The van der Waals surface area contributed by atoms with Crippen molar-refractivity contribution in [1.29, 1.82) is 0 Å². The third-order valence-corrected chi connectivity index (χ3v) is 5.30. The van der Waals surface area contributed by atoms with Gasteiger partial charge in [0, 0.05) is 24.4 Å². The minimum absolute atomic E-state index is 0.190. The van der Waals surface area contributed by atoms with E-state index >= 15 is 0 Å². The van der Waals surface area contributed by atoms with Crippen LogP contribution in [0.1, 0.15) is 40.7 Å². The highest BCUT2D eigenvalue weighted by Gasteiger charge is 2.37. The lowest BCUT2D eigenvalue weighted by molar-refractivity contribution is -0.137. The Hall–Kier alpha value is -3.01. The molecule has 0 unspecified atom stereocenters. The molecular weight excluding hydrogens is 433 g/mol. The lowest BCUT2D eigenvalue weighted by Gasteiger charge is -2.35. The number of hydrogen-bond acceptors (Lipinski definition) is 6. The molecule has 0 radical (unpaired) electrons. The molecule has 2 aromatic rings. The van der Waals surface area contributed by atoms with E-state index in [0.29, 0.717) is 11.4 Å². The molecule has 1 amide bonds. The Labute approximate surface area is 181 Å². The van der Waals surface area contributed by atoms with Crippen molar-refractivity contribution in [3.05, 3.63) is 51.8 Å². The first-order valence-electron chi connectivity index (χ1n) is 9.37. The Morgan fingerprint density at radius 3 is 2.48 bits per heavy atom. The summed E-state index contributed by atoms with van der Waals surface area (Å²) < 4.78 is 39.5. The summed E-state index contributed by atoms with van der Waals surface area (Å²) in [4.78, 5) is 27.4. The zero-order valence-corrected chi connectivity index (χ0v) is 17.8. The maximum Gasteiger partial charge on any atom is 0.417 e. The highest BCUT2D eigenvalue weighted by atomic mass is 35.5. The van der Waals surface area contributed by atoms with Gasteiger partial charge in [0.15, 0.2) is 0 Å². The molecule has 0 spiro atoms. The number of benzene rings is 1. The number of aromatic nitrogens is 2. The van der Waals surface area contributed by atoms with E-state index in [9.17, 15) is 18.0 Å². The molecule has 31 heavy (non-hydrogen) atoms. The lowest BCUT2D eigenvalue weighted by atomic mass is 9.97. The number of halogens is 4. The smallest absolute Gasteiger partial charge is 0.330 e. The quantitative estimate of drug-likeness (QED) is 0.548. The zero-order chi connectivity index (χ0) is 22.9.